The summed E-state index contributed by atoms with van der Waals surface area (Å²) in [5.74, 6) is 0.00549. The molecular weight excluding hydrogens is 338 g/mol. The van der Waals surface area contributed by atoms with Crippen LogP contribution in [0.5, 0.6) is 0 Å². The molecule has 3 rings (SSSR count). The molecule has 0 spiro atoms. The molecule has 0 radical (unpaired) electrons. The number of amides is 2. The minimum atomic E-state index is -0.120. The standard InChI is InChI=1S/C22H27N3O2/c1-16(25(2)14-13-21(26)23-19-11-12-19)18-9-6-10-20(15-18)24-22(27)17-7-4-3-5-8-17/h3-10,15-16,19H,11-14H2,1-2H3,(H,23,26)(H,24,27)/t16-/m0/s1. The van der Waals surface area contributed by atoms with Crippen LogP contribution in [0.3, 0.4) is 0 Å². The summed E-state index contributed by atoms with van der Waals surface area (Å²) in [5.41, 5.74) is 2.51. The van der Waals surface area contributed by atoms with E-state index >= 15 is 0 Å². The quantitative estimate of drug-likeness (QED) is 0.751. The molecule has 1 fully saturated rings. The summed E-state index contributed by atoms with van der Waals surface area (Å²) in [5, 5.41) is 5.97. The molecular formula is C22H27N3O2. The summed E-state index contributed by atoms with van der Waals surface area (Å²) >= 11 is 0. The van der Waals surface area contributed by atoms with E-state index < -0.39 is 0 Å². The average Bonchev–Trinajstić information content (AvgIpc) is 3.50. The topological polar surface area (TPSA) is 61.4 Å². The Hall–Kier alpha value is -2.66. The predicted molar refractivity (Wildman–Crippen MR) is 108 cm³/mol. The van der Waals surface area contributed by atoms with Crippen molar-refractivity contribution in [1.29, 1.82) is 0 Å². The van der Waals surface area contributed by atoms with Crippen LogP contribution in [-0.2, 0) is 4.79 Å². The first-order valence-corrected chi connectivity index (χ1v) is 9.49. The maximum Gasteiger partial charge on any atom is 0.255 e. The molecule has 2 aromatic rings. The van der Waals surface area contributed by atoms with Gasteiger partial charge >= 0.3 is 0 Å². The fourth-order valence-corrected chi connectivity index (χ4v) is 2.92. The maximum absolute atomic E-state index is 12.3. The monoisotopic (exact) mass is 365 g/mol. The highest BCUT2D eigenvalue weighted by molar-refractivity contribution is 6.04. The second kappa shape index (κ2) is 8.82. The summed E-state index contributed by atoms with van der Waals surface area (Å²) < 4.78 is 0. The number of hydrogen-bond acceptors (Lipinski definition) is 3. The van der Waals surface area contributed by atoms with Crippen molar-refractivity contribution in [2.24, 2.45) is 0 Å². The normalized spacial score (nSPS) is 14.6. The van der Waals surface area contributed by atoms with E-state index in [1.165, 1.54) is 0 Å². The summed E-state index contributed by atoms with van der Waals surface area (Å²) in [6.45, 7) is 2.80. The van der Waals surface area contributed by atoms with E-state index in [1.807, 2.05) is 49.5 Å². The van der Waals surface area contributed by atoms with E-state index in [9.17, 15) is 9.59 Å². The highest BCUT2D eigenvalue weighted by Crippen LogP contribution is 2.23. The van der Waals surface area contributed by atoms with Crippen molar-refractivity contribution in [1.82, 2.24) is 10.2 Å². The lowest BCUT2D eigenvalue weighted by Crippen LogP contribution is -2.31. The van der Waals surface area contributed by atoms with Crippen molar-refractivity contribution in [3.8, 4) is 0 Å². The summed E-state index contributed by atoms with van der Waals surface area (Å²) in [7, 11) is 2.02. The van der Waals surface area contributed by atoms with Crippen LogP contribution < -0.4 is 10.6 Å². The molecule has 0 aliphatic heterocycles. The van der Waals surface area contributed by atoms with Gasteiger partial charge in [0.25, 0.3) is 5.91 Å². The second-order valence-electron chi connectivity index (χ2n) is 7.19. The van der Waals surface area contributed by atoms with Crippen LogP contribution in [0, 0.1) is 0 Å². The van der Waals surface area contributed by atoms with Gasteiger partial charge in [-0.25, -0.2) is 0 Å². The number of carbonyl (C=O) groups excluding carboxylic acids is 2. The molecule has 2 N–H and O–H groups in total. The van der Waals surface area contributed by atoms with Crippen LogP contribution >= 0.6 is 0 Å². The van der Waals surface area contributed by atoms with Gasteiger partial charge in [0.05, 0.1) is 0 Å². The number of benzene rings is 2. The Balaban J connectivity index is 1.56. The van der Waals surface area contributed by atoms with Gasteiger partial charge in [-0.05, 0) is 56.6 Å². The van der Waals surface area contributed by atoms with Crippen molar-refractivity contribution < 1.29 is 9.59 Å². The van der Waals surface area contributed by atoms with Gasteiger partial charge in [-0.1, -0.05) is 30.3 Å². The molecule has 1 aliphatic carbocycles. The number of carbonyl (C=O) groups is 2. The Morgan fingerprint density at radius 1 is 1.11 bits per heavy atom. The number of nitrogens with zero attached hydrogens (tertiary/aromatic N) is 1. The third-order valence-electron chi connectivity index (χ3n) is 4.96. The first-order chi connectivity index (χ1) is 13.0. The molecule has 0 aromatic heterocycles. The van der Waals surface area contributed by atoms with E-state index in [0.29, 0.717) is 24.6 Å². The summed E-state index contributed by atoms with van der Waals surface area (Å²) in [4.78, 5) is 26.4. The molecule has 2 aromatic carbocycles. The molecule has 0 heterocycles. The van der Waals surface area contributed by atoms with Crippen molar-refractivity contribution in [3.05, 3.63) is 65.7 Å². The fourth-order valence-electron chi connectivity index (χ4n) is 2.92. The van der Waals surface area contributed by atoms with E-state index in [2.05, 4.69) is 22.5 Å². The van der Waals surface area contributed by atoms with E-state index in [-0.39, 0.29) is 17.9 Å². The van der Waals surface area contributed by atoms with Gasteiger partial charge in [0.2, 0.25) is 5.91 Å². The largest absolute Gasteiger partial charge is 0.353 e. The van der Waals surface area contributed by atoms with Gasteiger partial charge < -0.3 is 10.6 Å². The first kappa shape index (κ1) is 19.1. The lowest BCUT2D eigenvalue weighted by molar-refractivity contribution is -0.121. The van der Waals surface area contributed by atoms with Crippen LogP contribution in [-0.4, -0.2) is 36.3 Å². The third-order valence-corrected chi connectivity index (χ3v) is 4.96. The van der Waals surface area contributed by atoms with E-state index in [1.54, 1.807) is 12.1 Å². The molecule has 142 valence electrons. The zero-order valence-electron chi connectivity index (χ0n) is 15.9. The Kier molecular flexibility index (Phi) is 6.24. The Labute approximate surface area is 160 Å². The van der Waals surface area contributed by atoms with Crippen LogP contribution in [0.1, 0.15) is 48.1 Å². The van der Waals surface area contributed by atoms with Crippen LogP contribution in [0.4, 0.5) is 5.69 Å². The molecule has 0 saturated heterocycles. The maximum atomic E-state index is 12.3. The SMILES string of the molecule is C[C@@H](c1cccc(NC(=O)c2ccccc2)c1)N(C)CCC(=O)NC1CC1. The molecule has 0 bridgehead atoms. The molecule has 5 nitrogen and oxygen atoms in total. The number of anilines is 1. The van der Waals surface area contributed by atoms with Crippen molar-refractivity contribution in [2.45, 2.75) is 38.3 Å². The smallest absolute Gasteiger partial charge is 0.255 e. The lowest BCUT2D eigenvalue weighted by Gasteiger charge is -2.25. The van der Waals surface area contributed by atoms with Gasteiger partial charge in [-0.2, -0.15) is 0 Å². The van der Waals surface area contributed by atoms with Crippen molar-refractivity contribution in [2.75, 3.05) is 18.9 Å². The van der Waals surface area contributed by atoms with E-state index in [0.717, 1.165) is 24.1 Å². The van der Waals surface area contributed by atoms with Gasteiger partial charge in [-0.15, -0.1) is 0 Å². The minimum Gasteiger partial charge on any atom is -0.353 e. The lowest BCUT2D eigenvalue weighted by atomic mass is 10.1. The zero-order valence-corrected chi connectivity index (χ0v) is 15.9. The van der Waals surface area contributed by atoms with Crippen LogP contribution in [0.15, 0.2) is 54.6 Å². The molecule has 1 atom stereocenters. The second-order valence-corrected chi connectivity index (χ2v) is 7.19. The number of hydrogen-bond donors (Lipinski definition) is 2. The van der Waals surface area contributed by atoms with Gasteiger partial charge in [0, 0.05) is 36.3 Å². The van der Waals surface area contributed by atoms with Crippen LogP contribution in [0.2, 0.25) is 0 Å². The minimum absolute atomic E-state index is 0.120. The summed E-state index contributed by atoms with van der Waals surface area (Å²) in [6, 6.07) is 17.6. The predicted octanol–water partition coefficient (Wildman–Crippen LogP) is 3.60. The number of rotatable bonds is 8. The molecule has 1 saturated carbocycles. The van der Waals surface area contributed by atoms with Gasteiger partial charge in [-0.3, -0.25) is 14.5 Å². The van der Waals surface area contributed by atoms with Crippen molar-refractivity contribution >= 4 is 17.5 Å². The molecule has 0 unspecified atom stereocenters. The highest BCUT2D eigenvalue weighted by Gasteiger charge is 2.23. The molecule has 2 amide bonds. The van der Waals surface area contributed by atoms with Gasteiger partial charge in [0.15, 0.2) is 0 Å². The molecule has 27 heavy (non-hydrogen) atoms. The highest BCUT2D eigenvalue weighted by atomic mass is 16.2. The third kappa shape index (κ3) is 5.66. The van der Waals surface area contributed by atoms with E-state index in [4.69, 9.17) is 0 Å². The molecule has 5 heteroatoms. The average molecular weight is 365 g/mol. The summed E-state index contributed by atoms with van der Waals surface area (Å²) in [6.07, 6.45) is 2.72. The number of nitrogens with one attached hydrogen (secondary N) is 2. The first-order valence-electron chi connectivity index (χ1n) is 9.49. The van der Waals surface area contributed by atoms with Crippen LogP contribution in [0.25, 0.3) is 0 Å². The molecule has 1 aliphatic rings. The Morgan fingerprint density at radius 3 is 2.56 bits per heavy atom. The Bertz CT molecular complexity index is 787. The fraction of sp³-hybridized carbons (Fsp3) is 0.364. The van der Waals surface area contributed by atoms with Crippen molar-refractivity contribution in [3.63, 3.8) is 0 Å². The Morgan fingerprint density at radius 2 is 1.85 bits per heavy atom. The zero-order chi connectivity index (χ0) is 19.2. The van der Waals surface area contributed by atoms with Gasteiger partial charge in [0.1, 0.15) is 0 Å².